The molecule has 5 rings (SSSR count). The van der Waals surface area contributed by atoms with Crippen molar-refractivity contribution in [1.82, 2.24) is 19.3 Å². The van der Waals surface area contributed by atoms with E-state index in [1.54, 1.807) is 66.0 Å². The van der Waals surface area contributed by atoms with Crippen molar-refractivity contribution in [2.45, 2.75) is 13.8 Å². The molecule has 3 heterocycles. The molecule has 0 aliphatic carbocycles. The van der Waals surface area contributed by atoms with Crippen LogP contribution in [0.15, 0.2) is 90.9 Å². The minimum atomic E-state index is -0.633. The number of hydrogen-bond donors (Lipinski definition) is 0. The van der Waals surface area contributed by atoms with Crippen LogP contribution in [-0.2, 0) is 9.47 Å². The molecule has 0 aliphatic rings. The van der Waals surface area contributed by atoms with Gasteiger partial charge in [0.2, 0.25) is 5.78 Å². The molecule has 0 saturated carbocycles. The quantitative estimate of drug-likeness (QED) is 0.0981. The largest absolute Gasteiger partial charge is 0.465 e. The minimum Gasteiger partial charge on any atom is -0.465 e. The van der Waals surface area contributed by atoms with Gasteiger partial charge in [0, 0.05) is 52.4 Å². The number of benzene rings is 2. The Kier molecular flexibility index (Phi) is 8.31. The Morgan fingerprint density at radius 2 is 1.57 bits per heavy atom. The second-order valence-electron chi connectivity index (χ2n) is 9.83. The van der Waals surface area contributed by atoms with E-state index >= 15 is 0 Å². The van der Waals surface area contributed by atoms with Gasteiger partial charge in [-0.3, -0.25) is 9.78 Å². The average Bonchev–Trinajstić information content (AvgIpc) is 3.62. The summed E-state index contributed by atoms with van der Waals surface area (Å²) in [6.07, 6.45) is 6.61. The Labute approximate surface area is 253 Å². The maximum atomic E-state index is 13.9. The van der Waals surface area contributed by atoms with Gasteiger partial charge in [-0.25, -0.2) is 14.3 Å². The number of allylic oxidation sites excluding steroid dienone is 1. The van der Waals surface area contributed by atoms with Crippen LogP contribution in [0, 0.1) is 25.2 Å². The van der Waals surface area contributed by atoms with Crippen molar-refractivity contribution in [2.24, 2.45) is 0 Å². The van der Waals surface area contributed by atoms with Crippen LogP contribution in [-0.4, -0.2) is 51.3 Å². The normalized spacial score (nSPS) is 11.1. The molecule has 0 radical (unpaired) electrons. The number of methoxy groups -OCH3 is 2. The average molecular weight is 586 g/mol. The molecular weight excluding hydrogens is 558 g/mol. The van der Waals surface area contributed by atoms with Crippen molar-refractivity contribution in [3.05, 3.63) is 125 Å². The molecule has 0 spiro atoms. The maximum Gasteiger partial charge on any atom is 0.337 e. The third-order valence-corrected chi connectivity index (χ3v) is 7.06. The minimum absolute atomic E-state index is 0.0958. The van der Waals surface area contributed by atoms with Crippen LogP contribution in [0.2, 0.25) is 0 Å². The number of hydrogen-bond acceptors (Lipinski definition) is 8. The van der Waals surface area contributed by atoms with Crippen molar-refractivity contribution in [3.63, 3.8) is 0 Å². The number of rotatable bonds is 8. The van der Waals surface area contributed by atoms with Crippen LogP contribution in [0.4, 0.5) is 0 Å². The summed E-state index contributed by atoms with van der Waals surface area (Å²) in [6.45, 7) is 3.51. The van der Waals surface area contributed by atoms with E-state index in [2.05, 4.69) is 11.1 Å². The van der Waals surface area contributed by atoms with E-state index in [1.807, 2.05) is 36.4 Å². The van der Waals surface area contributed by atoms with Crippen molar-refractivity contribution >= 4 is 23.8 Å². The third-order valence-electron chi connectivity index (χ3n) is 7.06. The van der Waals surface area contributed by atoms with E-state index in [0.29, 0.717) is 28.3 Å². The van der Waals surface area contributed by atoms with Gasteiger partial charge in [-0.1, -0.05) is 18.2 Å². The number of ketones is 1. The summed E-state index contributed by atoms with van der Waals surface area (Å²) in [7, 11) is 2.49. The number of esters is 2. The predicted molar refractivity (Wildman–Crippen MR) is 163 cm³/mol. The molecule has 0 atom stereocenters. The summed E-state index contributed by atoms with van der Waals surface area (Å²) in [5.74, 6) is -1.76. The molecule has 0 N–H and O–H groups in total. The zero-order valence-electron chi connectivity index (χ0n) is 24.4. The van der Waals surface area contributed by atoms with Crippen LogP contribution >= 0.6 is 0 Å². The van der Waals surface area contributed by atoms with Gasteiger partial charge in [0.05, 0.1) is 31.0 Å². The van der Waals surface area contributed by atoms with Gasteiger partial charge in [0.25, 0.3) is 0 Å². The molecular formula is C34H27N5O5. The van der Waals surface area contributed by atoms with Crippen molar-refractivity contribution in [3.8, 4) is 28.7 Å². The number of carbonyl (C=O) groups excluding carboxylic acids is 3. The molecule has 0 aliphatic heterocycles. The highest BCUT2D eigenvalue weighted by atomic mass is 16.5. The number of aryl methyl sites for hydroxylation is 1. The first-order valence-electron chi connectivity index (χ1n) is 13.5. The standard InChI is InChI=1S/C34H27N5O5/c1-21-13-30(22(2)39(21)29-16-24(33(41)43-3)14-25(17-29)34(42)44-4)32(40)26(18-35)15-27-20-38(28-10-6-5-7-11-28)37-31(27)23-9-8-12-36-19-23/h5-17,19-20H,1-4H3. The molecule has 2 aromatic carbocycles. The molecule has 0 saturated heterocycles. The summed E-state index contributed by atoms with van der Waals surface area (Å²) < 4.78 is 13.1. The lowest BCUT2D eigenvalue weighted by molar-refractivity contribution is 0.0599. The fourth-order valence-electron chi connectivity index (χ4n) is 4.98. The van der Waals surface area contributed by atoms with E-state index in [4.69, 9.17) is 14.6 Å². The van der Waals surface area contributed by atoms with Crippen LogP contribution in [0.5, 0.6) is 0 Å². The summed E-state index contributed by atoms with van der Waals surface area (Å²) in [6, 6.07) is 21.4. The summed E-state index contributed by atoms with van der Waals surface area (Å²) in [4.78, 5) is 42.8. The summed E-state index contributed by atoms with van der Waals surface area (Å²) in [5, 5.41) is 14.9. The van der Waals surface area contributed by atoms with Crippen molar-refractivity contribution in [2.75, 3.05) is 14.2 Å². The molecule has 0 fully saturated rings. The smallest absolute Gasteiger partial charge is 0.337 e. The highest BCUT2D eigenvalue weighted by molar-refractivity contribution is 6.15. The number of carbonyl (C=O) groups is 3. The first-order valence-corrected chi connectivity index (χ1v) is 13.5. The monoisotopic (exact) mass is 585 g/mol. The zero-order valence-corrected chi connectivity index (χ0v) is 24.4. The van der Waals surface area contributed by atoms with Crippen LogP contribution in [0.25, 0.3) is 28.7 Å². The van der Waals surface area contributed by atoms with Gasteiger partial charge in [0.1, 0.15) is 17.3 Å². The number of aromatic nitrogens is 4. The molecule has 0 bridgehead atoms. The number of ether oxygens (including phenoxy) is 2. The van der Waals surface area contributed by atoms with Crippen molar-refractivity contribution < 1.29 is 23.9 Å². The molecule has 5 aromatic rings. The third kappa shape index (κ3) is 5.67. The Morgan fingerprint density at radius 3 is 2.16 bits per heavy atom. The fourth-order valence-corrected chi connectivity index (χ4v) is 4.98. The highest BCUT2D eigenvalue weighted by Gasteiger charge is 2.23. The predicted octanol–water partition coefficient (Wildman–Crippen LogP) is 5.70. The Morgan fingerprint density at radius 1 is 0.886 bits per heavy atom. The number of nitriles is 1. The second-order valence-corrected chi connectivity index (χ2v) is 9.83. The number of pyridine rings is 1. The van der Waals surface area contributed by atoms with Crippen molar-refractivity contribution in [1.29, 1.82) is 5.26 Å². The lowest BCUT2D eigenvalue weighted by atomic mass is 10.0. The van der Waals surface area contributed by atoms with E-state index in [9.17, 15) is 19.6 Å². The van der Waals surface area contributed by atoms with Gasteiger partial charge < -0.3 is 14.0 Å². The Balaban J connectivity index is 1.60. The fraction of sp³-hybridized carbons (Fsp3) is 0.118. The molecule has 3 aromatic heterocycles. The second kappa shape index (κ2) is 12.4. The van der Waals surface area contributed by atoms with E-state index in [0.717, 1.165) is 11.3 Å². The molecule has 218 valence electrons. The SMILES string of the molecule is COC(=O)c1cc(C(=O)OC)cc(-n2c(C)cc(C(=O)C(C#N)=Cc3cn(-c4ccccc4)nc3-c3cccnc3)c2C)c1. The maximum absolute atomic E-state index is 13.9. The van der Waals surface area contributed by atoms with Gasteiger partial charge in [-0.05, 0) is 68.5 Å². The van der Waals surface area contributed by atoms with Gasteiger partial charge in [-0.2, -0.15) is 10.4 Å². The molecule has 44 heavy (non-hydrogen) atoms. The van der Waals surface area contributed by atoms with Gasteiger partial charge >= 0.3 is 11.9 Å². The number of nitrogens with zero attached hydrogens (tertiary/aromatic N) is 5. The number of para-hydroxylation sites is 1. The topological polar surface area (TPSA) is 129 Å². The molecule has 0 unspecified atom stereocenters. The first-order chi connectivity index (χ1) is 21.2. The lowest BCUT2D eigenvalue weighted by Crippen LogP contribution is -2.10. The van der Waals surface area contributed by atoms with E-state index < -0.39 is 17.7 Å². The number of Topliss-reactive ketones (excluding diaryl/α,β-unsaturated/α-hetero) is 1. The van der Waals surface area contributed by atoms with Gasteiger partial charge in [-0.15, -0.1) is 0 Å². The molecule has 10 nitrogen and oxygen atoms in total. The highest BCUT2D eigenvalue weighted by Crippen LogP contribution is 2.28. The van der Waals surface area contributed by atoms with E-state index in [1.165, 1.54) is 26.4 Å². The lowest BCUT2D eigenvalue weighted by Gasteiger charge is -2.13. The first kappa shape index (κ1) is 29.4. The van der Waals surface area contributed by atoms with Crippen LogP contribution in [0.1, 0.15) is 48.0 Å². The summed E-state index contributed by atoms with van der Waals surface area (Å²) >= 11 is 0. The molecule has 10 heteroatoms. The van der Waals surface area contributed by atoms with Gasteiger partial charge in [0.15, 0.2) is 0 Å². The van der Waals surface area contributed by atoms with Crippen LogP contribution in [0.3, 0.4) is 0 Å². The molecule has 0 amide bonds. The van der Waals surface area contributed by atoms with Crippen LogP contribution < -0.4 is 0 Å². The van der Waals surface area contributed by atoms with E-state index in [-0.39, 0.29) is 22.3 Å². The zero-order chi connectivity index (χ0) is 31.4. The summed E-state index contributed by atoms with van der Waals surface area (Å²) in [5.41, 5.74) is 4.74. The Bertz CT molecular complexity index is 1930. The Hall–Kier alpha value is -6.08.